The standard InChI is InChI=1S/C26H37Cl2N5O3/c1-17(2)11-25(35)32-9-7-31(8-10-32)19-4-6-23-20(13-19)26(36)33(16-30-23)15-24(34)29-14-18-3-5-21(27)22(28)12-18/h3,5,12,17,19-20,23,30H,4,6-11,13-16H2,1-2H3,(H,29,34). The van der Waals surface area contributed by atoms with Crippen LogP contribution in [0.2, 0.25) is 10.0 Å². The number of hydrogen-bond acceptors (Lipinski definition) is 5. The SMILES string of the molecule is CC(C)CC(=O)N1CCN(C2CCC3NCN(CC(=O)NCc4ccc(Cl)c(Cl)c4)C(=O)C3C2)CC1. The molecule has 0 radical (unpaired) electrons. The highest BCUT2D eigenvalue weighted by atomic mass is 35.5. The molecule has 3 aliphatic rings. The first-order valence-electron chi connectivity index (χ1n) is 13.0. The van der Waals surface area contributed by atoms with Gasteiger partial charge in [0.2, 0.25) is 17.7 Å². The molecule has 8 nitrogen and oxygen atoms in total. The van der Waals surface area contributed by atoms with E-state index < -0.39 is 0 Å². The molecule has 3 unspecified atom stereocenters. The van der Waals surface area contributed by atoms with Crippen LogP contribution in [0.5, 0.6) is 0 Å². The Hall–Kier alpha value is -1.87. The van der Waals surface area contributed by atoms with Gasteiger partial charge >= 0.3 is 0 Å². The number of piperazine rings is 1. The van der Waals surface area contributed by atoms with Gasteiger partial charge in [0, 0.05) is 51.2 Å². The molecule has 2 aliphatic heterocycles. The molecule has 1 saturated carbocycles. The number of amides is 3. The third kappa shape index (κ3) is 6.71. The number of fused-ring (bicyclic) bond motifs is 1. The molecule has 10 heteroatoms. The Morgan fingerprint density at radius 1 is 1.11 bits per heavy atom. The highest BCUT2D eigenvalue weighted by molar-refractivity contribution is 6.42. The molecule has 3 amide bonds. The van der Waals surface area contributed by atoms with Gasteiger partial charge in [0.1, 0.15) is 6.54 Å². The Bertz CT molecular complexity index is 967. The summed E-state index contributed by atoms with van der Waals surface area (Å²) in [7, 11) is 0. The van der Waals surface area contributed by atoms with E-state index in [0.29, 0.717) is 41.6 Å². The number of rotatable bonds is 7. The van der Waals surface area contributed by atoms with Gasteiger partial charge in [0.05, 0.1) is 22.6 Å². The first-order valence-corrected chi connectivity index (χ1v) is 13.7. The smallest absolute Gasteiger partial charge is 0.239 e. The molecule has 0 bridgehead atoms. The van der Waals surface area contributed by atoms with Gasteiger partial charge in [-0.1, -0.05) is 43.1 Å². The van der Waals surface area contributed by atoms with Crippen LogP contribution in [0.3, 0.4) is 0 Å². The van der Waals surface area contributed by atoms with Gasteiger partial charge in [-0.3, -0.25) is 24.6 Å². The van der Waals surface area contributed by atoms with Crippen molar-refractivity contribution in [3.63, 3.8) is 0 Å². The maximum absolute atomic E-state index is 13.3. The van der Waals surface area contributed by atoms with Gasteiger partial charge in [-0.05, 0) is 42.9 Å². The average molecular weight is 539 g/mol. The summed E-state index contributed by atoms with van der Waals surface area (Å²) in [4.78, 5) is 44.4. The summed E-state index contributed by atoms with van der Waals surface area (Å²) < 4.78 is 0. The molecule has 1 aliphatic carbocycles. The summed E-state index contributed by atoms with van der Waals surface area (Å²) >= 11 is 12.0. The number of nitrogens with one attached hydrogen (secondary N) is 2. The molecular formula is C26H37Cl2N5O3. The van der Waals surface area contributed by atoms with Crippen molar-refractivity contribution in [2.24, 2.45) is 11.8 Å². The predicted octanol–water partition coefficient (Wildman–Crippen LogP) is 2.73. The number of hydrogen-bond donors (Lipinski definition) is 2. The van der Waals surface area contributed by atoms with E-state index in [4.69, 9.17) is 23.2 Å². The van der Waals surface area contributed by atoms with Crippen LogP contribution in [0.4, 0.5) is 0 Å². The lowest BCUT2D eigenvalue weighted by molar-refractivity contribution is -0.146. The monoisotopic (exact) mass is 537 g/mol. The quantitative estimate of drug-likeness (QED) is 0.558. The van der Waals surface area contributed by atoms with Gasteiger partial charge in [-0.2, -0.15) is 0 Å². The topological polar surface area (TPSA) is 85.0 Å². The van der Waals surface area contributed by atoms with Crippen LogP contribution in [0.1, 0.15) is 45.1 Å². The number of carbonyl (C=O) groups is 3. The van der Waals surface area contributed by atoms with Crippen molar-refractivity contribution in [1.29, 1.82) is 0 Å². The van der Waals surface area contributed by atoms with E-state index in [2.05, 4.69) is 29.4 Å². The molecular weight excluding hydrogens is 501 g/mol. The Kier molecular flexibility index (Phi) is 9.15. The highest BCUT2D eigenvalue weighted by Gasteiger charge is 2.42. The molecule has 0 aromatic heterocycles. The summed E-state index contributed by atoms with van der Waals surface area (Å²) in [5, 5.41) is 7.26. The molecule has 3 atom stereocenters. The zero-order chi connectivity index (χ0) is 25.8. The number of nitrogens with zero attached hydrogens (tertiary/aromatic N) is 3. The van der Waals surface area contributed by atoms with Crippen molar-refractivity contribution < 1.29 is 14.4 Å². The van der Waals surface area contributed by atoms with E-state index >= 15 is 0 Å². The zero-order valence-electron chi connectivity index (χ0n) is 21.1. The second kappa shape index (κ2) is 12.1. The lowest BCUT2D eigenvalue weighted by atomic mass is 9.79. The maximum Gasteiger partial charge on any atom is 0.239 e. The Morgan fingerprint density at radius 3 is 2.56 bits per heavy atom. The number of halogens is 2. The molecule has 2 N–H and O–H groups in total. The second-order valence-electron chi connectivity index (χ2n) is 10.6. The highest BCUT2D eigenvalue weighted by Crippen LogP contribution is 2.32. The third-order valence-corrected chi connectivity index (χ3v) is 8.31. The minimum atomic E-state index is -0.204. The van der Waals surface area contributed by atoms with E-state index in [1.54, 1.807) is 17.0 Å². The minimum absolute atomic E-state index is 0.0255. The van der Waals surface area contributed by atoms with Gasteiger partial charge in [0.15, 0.2) is 0 Å². The Balaban J connectivity index is 1.26. The van der Waals surface area contributed by atoms with Crippen LogP contribution in [-0.2, 0) is 20.9 Å². The largest absolute Gasteiger partial charge is 0.350 e. The van der Waals surface area contributed by atoms with E-state index in [-0.39, 0.29) is 36.2 Å². The molecule has 198 valence electrons. The molecule has 36 heavy (non-hydrogen) atoms. The van der Waals surface area contributed by atoms with E-state index in [9.17, 15) is 14.4 Å². The molecule has 4 rings (SSSR count). The first kappa shape index (κ1) is 27.2. The number of benzene rings is 1. The third-order valence-electron chi connectivity index (χ3n) is 7.57. The summed E-state index contributed by atoms with van der Waals surface area (Å²) in [5.74, 6) is 0.341. The first-order chi connectivity index (χ1) is 17.2. The van der Waals surface area contributed by atoms with Crippen LogP contribution in [0.15, 0.2) is 18.2 Å². The molecule has 2 saturated heterocycles. The number of carbonyl (C=O) groups excluding carboxylic acids is 3. The summed E-state index contributed by atoms with van der Waals surface area (Å²) in [6, 6.07) is 5.74. The second-order valence-corrected chi connectivity index (χ2v) is 11.4. The fraction of sp³-hybridized carbons (Fsp3) is 0.654. The summed E-state index contributed by atoms with van der Waals surface area (Å²) in [6.07, 6.45) is 3.39. The van der Waals surface area contributed by atoms with Gasteiger partial charge < -0.3 is 15.1 Å². The minimum Gasteiger partial charge on any atom is -0.350 e. The van der Waals surface area contributed by atoms with E-state index in [1.165, 1.54) is 0 Å². The van der Waals surface area contributed by atoms with Crippen LogP contribution < -0.4 is 10.6 Å². The van der Waals surface area contributed by atoms with Crippen molar-refractivity contribution in [2.75, 3.05) is 39.4 Å². The van der Waals surface area contributed by atoms with Crippen molar-refractivity contribution in [2.45, 2.75) is 58.2 Å². The Labute approximate surface area is 223 Å². The summed E-state index contributed by atoms with van der Waals surface area (Å²) in [6.45, 7) is 8.11. The fourth-order valence-corrected chi connectivity index (χ4v) is 5.89. The maximum atomic E-state index is 13.3. The average Bonchev–Trinajstić information content (AvgIpc) is 2.86. The van der Waals surface area contributed by atoms with Crippen LogP contribution in [0, 0.1) is 11.8 Å². The van der Waals surface area contributed by atoms with Crippen molar-refractivity contribution >= 4 is 40.9 Å². The van der Waals surface area contributed by atoms with Crippen molar-refractivity contribution in [3.05, 3.63) is 33.8 Å². The van der Waals surface area contributed by atoms with Gasteiger partial charge in [0.25, 0.3) is 0 Å². The molecule has 1 aromatic carbocycles. The van der Waals surface area contributed by atoms with Crippen LogP contribution in [0.25, 0.3) is 0 Å². The normalized spacial score (nSPS) is 25.1. The lowest BCUT2D eigenvalue weighted by Gasteiger charge is -2.47. The van der Waals surface area contributed by atoms with Crippen LogP contribution >= 0.6 is 23.2 Å². The van der Waals surface area contributed by atoms with Crippen LogP contribution in [-0.4, -0.2) is 83.9 Å². The molecule has 2 heterocycles. The lowest BCUT2D eigenvalue weighted by Crippen LogP contribution is -2.62. The van der Waals surface area contributed by atoms with E-state index in [0.717, 1.165) is 51.0 Å². The predicted molar refractivity (Wildman–Crippen MR) is 141 cm³/mol. The van der Waals surface area contributed by atoms with E-state index in [1.807, 2.05) is 11.0 Å². The molecule has 3 fully saturated rings. The van der Waals surface area contributed by atoms with Gasteiger partial charge in [-0.15, -0.1) is 0 Å². The fourth-order valence-electron chi connectivity index (χ4n) is 5.57. The van der Waals surface area contributed by atoms with Crippen molar-refractivity contribution in [3.8, 4) is 0 Å². The zero-order valence-corrected chi connectivity index (χ0v) is 22.7. The molecule has 1 aromatic rings. The summed E-state index contributed by atoms with van der Waals surface area (Å²) in [5.41, 5.74) is 0.849. The molecule has 0 spiro atoms. The van der Waals surface area contributed by atoms with Gasteiger partial charge in [-0.25, -0.2) is 0 Å². The Morgan fingerprint density at radius 2 is 1.86 bits per heavy atom. The van der Waals surface area contributed by atoms with Crippen molar-refractivity contribution in [1.82, 2.24) is 25.3 Å².